The van der Waals surface area contributed by atoms with Crippen LogP contribution >= 0.6 is 11.3 Å². The summed E-state index contributed by atoms with van der Waals surface area (Å²) >= 11 is 1.68. The minimum absolute atomic E-state index is 0.891. The molecule has 4 heteroatoms. The number of nitrogens with zero attached hydrogens (tertiary/aromatic N) is 3. The zero-order valence-electron chi connectivity index (χ0n) is 8.84. The Balaban J connectivity index is 2.06. The van der Waals surface area contributed by atoms with Crippen molar-refractivity contribution in [2.24, 2.45) is 7.05 Å². The van der Waals surface area contributed by atoms with E-state index in [9.17, 15) is 0 Å². The predicted molar refractivity (Wildman–Crippen MR) is 62.8 cm³/mol. The Hall–Kier alpha value is -1.42. The maximum Gasteiger partial charge on any atom is 0.0962 e. The van der Waals surface area contributed by atoms with Gasteiger partial charge in [-0.05, 0) is 13.0 Å². The van der Waals surface area contributed by atoms with Gasteiger partial charge in [-0.15, -0.1) is 11.3 Å². The normalized spacial score (nSPS) is 11.3. The van der Waals surface area contributed by atoms with Crippen LogP contribution in [0.1, 0.15) is 16.4 Å². The molecule has 0 bridgehead atoms. The average molecular weight is 219 g/mol. The lowest BCUT2D eigenvalue weighted by atomic mass is 10.3. The SMILES string of the molecule is Cc1ncn(C)c1/C=C/Cc1nccs1. The molecule has 0 saturated carbocycles. The fraction of sp³-hybridized carbons (Fsp3) is 0.273. The maximum absolute atomic E-state index is 4.23. The van der Waals surface area contributed by atoms with Crippen molar-refractivity contribution in [1.29, 1.82) is 0 Å². The zero-order chi connectivity index (χ0) is 10.7. The molecular formula is C11H13N3S. The number of hydrogen-bond donors (Lipinski definition) is 0. The first-order chi connectivity index (χ1) is 7.27. The first-order valence-electron chi connectivity index (χ1n) is 4.80. The third-order valence-corrected chi connectivity index (χ3v) is 3.03. The lowest BCUT2D eigenvalue weighted by molar-refractivity contribution is 0.901. The Labute approximate surface area is 93.1 Å². The van der Waals surface area contributed by atoms with Crippen LogP contribution in [0.5, 0.6) is 0 Å². The molecule has 0 spiro atoms. The molecule has 0 radical (unpaired) electrons. The molecular weight excluding hydrogens is 206 g/mol. The maximum atomic E-state index is 4.23. The monoisotopic (exact) mass is 219 g/mol. The fourth-order valence-electron chi connectivity index (χ4n) is 1.42. The lowest BCUT2D eigenvalue weighted by Crippen LogP contribution is -1.89. The molecule has 2 rings (SSSR count). The minimum Gasteiger partial charge on any atom is -0.334 e. The Kier molecular flexibility index (Phi) is 2.97. The Morgan fingerprint density at radius 1 is 1.47 bits per heavy atom. The van der Waals surface area contributed by atoms with Crippen LogP contribution in [-0.4, -0.2) is 14.5 Å². The van der Waals surface area contributed by atoms with Gasteiger partial charge in [-0.1, -0.05) is 6.08 Å². The van der Waals surface area contributed by atoms with Gasteiger partial charge in [0.05, 0.1) is 22.7 Å². The average Bonchev–Trinajstić information content (AvgIpc) is 2.82. The summed E-state index contributed by atoms with van der Waals surface area (Å²) in [6.45, 7) is 2.02. The Bertz CT molecular complexity index is 435. The molecule has 2 aromatic heterocycles. The van der Waals surface area contributed by atoms with E-state index in [1.165, 1.54) is 0 Å². The molecule has 0 N–H and O–H groups in total. The van der Waals surface area contributed by atoms with Crippen molar-refractivity contribution < 1.29 is 0 Å². The summed E-state index contributed by atoms with van der Waals surface area (Å²) in [6.07, 6.45) is 8.79. The fourth-order valence-corrected chi connectivity index (χ4v) is 2.01. The molecule has 0 aliphatic heterocycles. The lowest BCUT2D eigenvalue weighted by Gasteiger charge is -1.95. The van der Waals surface area contributed by atoms with Crippen LogP contribution in [0.25, 0.3) is 6.08 Å². The van der Waals surface area contributed by atoms with Gasteiger partial charge in [-0.3, -0.25) is 0 Å². The first kappa shape index (κ1) is 10.1. The second-order valence-electron chi connectivity index (χ2n) is 3.36. The number of aryl methyl sites for hydroxylation is 2. The molecule has 0 unspecified atom stereocenters. The highest BCUT2D eigenvalue weighted by molar-refractivity contribution is 7.09. The molecule has 0 saturated heterocycles. The van der Waals surface area contributed by atoms with Crippen molar-refractivity contribution in [1.82, 2.24) is 14.5 Å². The number of aromatic nitrogens is 3. The van der Waals surface area contributed by atoms with Gasteiger partial charge in [0.1, 0.15) is 0 Å². The predicted octanol–water partition coefficient (Wildman–Crippen LogP) is 2.44. The molecule has 0 atom stereocenters. The van der Waals surface area contributed by atoms with E-state index in [1.54, 1.807) is 11.3 Å². The van der Waals surface area contributed by atoms with E-state index in [4.69, 9.17) is 0 Å². The van der Waals surface area contributed by atoms with E-state index >= 15 is 0 Å². The van der Waals surface area contributed by atoms with Crippen LogP contribution in [0.3, 0.4) is 0 Å². The van der Waals surface area contributed by atoms with E-state index < -0.39 is 0 Å². The van der Waals surface area contributed by atoms with Crippen molar-refractivity contribution in [2.45, 2.75) is 13.3 Å². The van der Waals surface area contributed by atoms with Crippen molar-refractivity contribution in [3.05, 3.63) is 40.4 Å². The molecule has 0 aliphatic rings. The zero-order valence-corrected chi connectivity index (χ0v) is 9.66. The van der Waals surface area contributed by atoms with Crippen molar-refractivity contribution in [3.8, 4) is 0 Å². The summed E-state index contributed by atoms with van der Waals surface area (Å²) in [4.78, 5) is 8.46. The third kappa shape index (κ3) is 2.33. The smallest absolute Gasteiger partial charge is 0.0962 e. The molecule has 2 heterocycles. The van der Waals surface area contributed by atoms with Crippen LogP contribution in [-0.2, 0) is 13.5 Å². The summed E-state index contributed by atoms with van der Waals surface area (Å²) in [6, 6.07) is 0. The summed E-state index contributed by atoms with van der Waals surface area (Å²) in [5.41, 5.74) is 2.22. The highest BCUT2D eigenvalue weighted by Gasteiger charge is 1.99. The topological polar surface area (TPSA) is 30.7 Å². The molecule has 3 nitrogen and oxygen atoms in total. The summed E-state index contributed by atoms with van der Waals surface area (Å²) < 4.78 is 2.02. The van der Waals surface area contributed by atoms with Crippen LogP contribution in [0, 0.1) is 6.92 Å². The van der Waals surface area contributed by atoms with E-state index in [0.717, 1.165) is 22.8 Å². The van der Waals surface area contributed by atoms with E-state index in [1.807, 2.05) is 36.4 Å². The summed E-state index contributed by atoms with van der Waals surface area (Å²) in [7, 11) is 2.00. The second-order valence-corrected chi connectivity index (χ2v) is 4.34. The summed E-state index contributed by atoms with van der Waals surface area (Å²) in [5, 5.41) is 3.14. The molecule has 78 valence electrons. The second kappa shape index (κ2) is 4.40. The van der Waals surface area contributed by atoms with Gasteiger partial charge >= 0.3 is 0 Å². The van der Waals surface area contributed by atoms with Crippen molar-refractivity contribution in [2.75, 3.05) is 0 Å². The third-order valence-electron chi connectivity index (χ3n) is 2.23. The number of allylic oxidation sites excluding steroid dienone is 1. The van der Waals surface area contributed by atoms with Crippen molar-refractivity contribution >= 4 is 17.4 Å². The standard InChI is InChI=1S/C11H13N3S/c1-9-10(14(2)8-13-9)4-3-5-11-12-6-7-15-11/h3-4,6-8H,5H2,1-2H3/b4-3+. The van der Waals surface area contributed by atoms with Gasteiger partial charge in [0.2, 0.25) is 0 Å². The molecule has 0 aliphatic carbocycles. The molecule has 0 aromatic carbocycles. The molecule has 0 fully saturated rings. The number of thiazole rings is 1. The number of rotatable bonds is 3. The van der Waals surface area contributed by atoms with E-state index in [0.29, 0.717) is 0 Å². The summed E-state index contributed by atoms with van der Waals surface area (Å²) in [5.74, 6) is 0. The highest BCUT2D eigenvalue weighted by atomic mass is 32.1. The Morgan fingerprint density at radius 2 is 2.33 bits per heavy atom. The van der Waals surface area contributed by atoms with Crippen molar-refractivity contribution in [3.63, 3.8) is 0 Å². The van der Waals surface area contributed by atoms with Gasteiger partial charge in [0.25, 0.3) is 0 Å². The number of imidazole rings is 1. The van der Waals surface area contributed by atoms with Crippen LogP contribution in [0.4, 0.5) is 0 Å². The minimum atomic E-state index is 0.891. The van der Waals surface area contributed by atoms with Gasteiger partial charge in [-0.25, -0.2) is 9.97 Å². The van der Waals surface area contributed by atoms with E-state index in [2.05, 4.69) is 22.1 Å². The number of hydrogen-bond acceptors (Lipinski definition) is 3. The van der Waals surface area contributed by atoms with Gasteiger partial charge in [0.15, 0.2) is 0 Å². The van der Waals surface area contributed by atoms with Crippen LogP contribution in [0.2, 0.25) is 0 Å². The van der Waals surface area contributed by atoms with Gasteiger partial charge in [0, 0.05) is 25.0 Å². The van der Waals surface area contributed by atoms with Crippen LogP contribution < -0.4 is 0 Å². The quantitative estimate of drug-likeness (QED) is 0.793. The van der Waals surface area contributed by atoms with Crippen LogP contribution in [0.15, 0.2) is 24.0 Å². The first-order valence-corrected chi connectivity index (χ1v) is 5.68. The molecule has 15 heavy (non-hydrogen) atoms. The molecule has 2 aromatic rings. The largest absolute Gasteiger partial charge is 0.334 e. The van der Waals surface area contributed by atoms with Gasteiger partial charge < -0.3 is 4.57 Å². The molecule has 0 amide bonds. The Morgan fingerprint density at radius 3 is 2.93 bits per heavy atom. The van der Waals surface area contributed by atoms with Gasteiger partial charge in [-0.2, -0.15) is 0 Å². The highest BCUT2D eigenvalue weighted by Crippen LogP contribution is 2.09. The van der Waals surface area contributed by atoms with E-state index in [-0.39, 0.29) is 0 Å².